The molecule has 0 saturated heterocycles. The molecule has 2 heterocycles. The number of primary sulfonamides is 1. The molecule has 0 aliphatic rings. The Bertz CT molecular complexity index is 1080. The summed E-state index contributed by atoms with van der Waals surface area (Å²) in [7, 11) is -3.73. The Balaban J connectivity index is 1.60. The summed E-state index contributed by atoms with van der Waals surface area (Å²) < 4.78 is 28.2. The molecule has 0 aliphatic carbocycles. The molecule has 3 rings (SSSR count). The van der Waals surface area contributed by atoms with Crippen LogP contribution < -0.4 is 10.6 Å². The average Bonchev–Trinajstić information content (AvgIpc) is 3.23. The van der Waals surface area contributed by atoms with E-state index in [1.54, 1.807) is 24.3 Å². The van der Waals surface area contributed by atoms with E-state index >= 15 is 0 Å². The van der Waals surface area contributed by atoms with Gasteiger partial charge in [-0.1, -0.05) is 0 Å². The van der Waals surface area contributed by atoms with Crippen molar-refractivity contribution in [3.8, 4) is 11.3 Å². The fourth-order valence-corrected chi connectivity index (χ4v) is 3.38. The summed E-state index contributed by atoms with van der Waals surface area (Å²) >= 11 is 1.49. The van der Waals surface area contributed by atoms with Gasteiger partial charge < -0.3 is 4.42 Å². The summed E-state index contributed by atoms with van der Waals surface area (Å²) in [6.07, 6.45) is 1.54. The average molecular weight is 404 g/mol. The lowest BCUT2D eigenvalue weighted by Crippen LogP contribution is -2.19. The molecular formula is C17H16N4O4S2. The van der Waals surface area contributed by atoms with Crippen LogP contribution in [0, 0.1) is 6.92 Å². The molecule has 0 unspecified atom stereocenters. The van der Waals surface area contributed by atoms with Crippen molar-refractivity contribution >= 4 is 33.5 Å². The Labute approximate surface area is 159 Å². The maximum atomic E-state index is 11.8. The summed E-state index contributed by atoms with van der Waals surface area (Å²) in [5.41, 5.74) is 3.80. The fourth-order valence-electron chi connectivity index (χ4n) is 2.25. The lowest BCUT2D eigenvalue weighted by atomic mass is 10.2. The predicted molar refractivity (Wildman–Crippen MR) is 102 cm³/mol. The first-order chi connectivity index (χ1) is 12.8. The van der Waals surface area contributed by atoms with Gasteiger partial charge in [-0.25, -0.2) is 24.0 Å². The number of benzene rings is 1. The van der Waals surface area contributed by atoms with Crippen LogP contribution in [0.25, 0.3) is 11.3 Å². The standard InChI is InChI=1S/C17H16N4O4S2/c1-11-20-13(10-26-11)8-17(22)21-19-9-14-4-7-16(25-14)12-2-5-15(6-3-12)27(18,23)24/h2-7,9-10H,8H2,1H3,(H,21,22)(H2,18,23,24)/b19-9+. The number of nitrogens with zero attached hydrogens (tertiary/aromatic N) is 2. The Morgan fingerprint density at radius 2 is 2.04 bits per heavy atom. The maximum Gasteiger partial charge on any atom is 0.246 e. The zero-order chi connectivity index (χ0) is 19.4. The fraction of sp³-hybridized carbons (Fsp3) is 0.118. The van der Waals surface area contributed by atoms with E-state index in [1.807, 2.05) is 12.3 Å². The van der Waals surface area contributed by atoms with Crippen LogP contribution in [-0.4, -0.2) is 25.5 Å². The molecule has 8 nitrogen and oxygen atoms in total. The smallest absolute Gasteiger partial charge is 0.246 e. The van der Waals surface area contributed by atoms with Crippen LogP contribution in [0.2, 0.25) is 0 Å². The lowest BCUT2D eigenvalue weighted by Gasteiger charge is -2.00. The molecule has 1 aromatic carbocycles. The van der Waals surface area contributed by atoms with Crippen LogP contribution >= 0.6 is 11.3 Å². The van der Waals surface area contributed by atoms with Gasteiger partial charge in [-0.15, -0.1) is 11.3 Å². The summed E-state index contributed by atoms with van der Waals surface area (Å²) in [4.78, 5) is 16.0. The molecular weight excluding hydrogens is 388 g/mol. The van der Waals surface area contributed by atoms with Gasteiger partial charge in [0.25, 0.3) is 0 Å². The summed E-state index contributed by atoms with van der Waals surface area (Å²) in [5, 5.41) is 11.7. The lowest BCUT2D eigenvalue weighted by molar-refractivity contribution is -0.120. The van der Waals surface area contributed by atoms with Crippen molar-refractivity contribution in [1.29, 1.82) is 0 Å². The van der Waals surface area contributed by atoms with E-state index in [0.29, 0.717) is 22.8 Å². The highest BCUT2D eigenvalue weighted by Crippen LogP contribution is 2.22. The molecule has 0 atom stereocenters. The number of furan rings is 1. The molecule has 3 N–H and O–H groups in total. The number of rotatable bonds is 6. The molecule has 140 valence electrons. The third kappa shape index (κ3) is 5.09. The SMILES string of the molecule is Cc1nc(CC(=O)N/N=C/c2ccc(-c3ccc(S(N)(=O)=O)cc3)o2)cs1. The van der Waals surface area contributed by atoms with Crippen molar-refractivity contribution in [3.63, 3.8) is 0 Å². The monoisotopic (exact) mass is 404 g/mol. The molecule has 27 heavy (non-hydrogen) atoms. The van der Waals surface area contributed by atoms with Crippen LogP contribution in [0.3, 0.4) is 0 Å². The summed E-state index contributed by atoms with van der Waals surface area (Å²) in [6, 6.07) is 9.40. The van der Waals surface area contributed by atoms with Gasteiger partial charge in [0.15, 0.2) is 0 Å². The topological polar surface area (TPSA) is 128 Å². The largest absolute Gasteiger partial charge is 0.455 e. The van der Waals surface area contributed by atoms with Crippen LogP contribution in [0.1, 0.15) is 16.5 Å². The second kappa shape index (κ2) is 7.82. The first-order valence-corrected chi connectivity index (χ1v) is 10.2. The van der Waals surface area contributed by atoms with E-state index < -0.39 is 10.0 Å². The minimum absolute atomic E-state index is 0.0256. The van der Waals surface area contributed by atoms with Gasteiger partial charge in [0.05, 0.1) is 28.2 Å². The zero-order valence-corrected chi connectivity index (χ0v) is 15.9. The normalized spacial score (nSPS) is 11.8. The third-order valence-electron chi connectivity index (χ3n) is 3.48. The second-order valence-electron chi connectivity index (χ2n) is 5.60. The molecule has 3 aromatic rings. The van der Waals surface area contributed by atoms with E-state index in [1.165, 1.54) is 29.7 Å². The van der Waals surface area contributed by atoms with Crippen molar-refractivity contribution in [3.05, 3.63) is 58.2 Å². The molecule has 0 bridgehead atoms. The molecule has 0 saturated carbocycles. The number of nitrogens with two attached hydrogens (primary N) is 1. The van der Waals surface area contributed by atoms with E-state index in [4.69, 9.17) is 9.56 Å². The third-order valence-corrected chi connectivity index (χ3v) is 5.23. The van der Waals surface area contributed by atoms with Crippen LogP contribution in [0.4, 0.5) is 0 Å². The number of hydrogen-bond acceptors (Lipinski definition) is 7. The predicted octanol–water partition coefficient (Wildman–Crippen LogP) is 2.05. The molecule has 2 aromatic heterocycles. The maximum absolute atomic E-state index is 11.8. The van der Waals surface area contributed by atoms with Crippen molar-refractivity contribution in [2.24, 2.45) is 10.2 Å². The number of aromatic nitrogens is 1. The number of hydrogen-bond donors (Lipinski definition) is 2. The quantitative estimate of drug-likeness (QED) is 0.480. The summed E-state index contributed by atoms with van der Waals surface area (Å²) in [5.74, 6) is 0.689. The highest BCUT2D eigenvalue weighted by Gasteiger charge is 2.09. The van der Waals surface area contributed by atoms with Gasteiger partial charge in [-0.05, 0) is 43.3 Å². The van der Waals surface area contributed by atoms with E-state index in [0.717, 1.165) is 5.01 Å². The van der Waals surface area contributed by atoms with Crippen LogP contribution in [0.5, 0.6) is 0 Å². The van der Waals surface area contributed by atoms with Gasteiger partial charge in [-0.2, -0.15) is 5.10 Å². The Kier molecular flexibility index (Phi) is 5.49. The van der Waals surface area contributed by atoms with Crippen molar-refractivity contribution in [2.45, 2.75) is 18.2 Å². The molecule has 0 radical (unpaired) electrons. The van der Waals surface area contributed by atoms with E-state index in [-0.39, 0.29) is 17.2 Å². The minimum atomic E-state index is -3.73. The number of carbonyl (C=O) groups is 1. The van der Waals surface area contributed by atoms with E-state index in [2.05, 4.69) is 15.5 Å². The highest BCUT2D eigenvalue weighted by atomic mass is 32.2. The first-order valence-electron chi connectivity index (χ1n) is 7.77. The van der Waals surface area contributed by atoms with Crippen molar-refractivity contribution in [1.82, 2.24) is 10.4 Å². The van der Waals surface area contributed by atoms with Crippen LogP contribution in [0.15, 0.2) is 56.2 Å². The number of aryl methyl sites for hydroxylation is 1. The Hall–Kier alpha value is -2.82. The van der Waals surface area contributed by atoms with Crippen molar-refractivity contribution < 1.29 is 17.6 Å². The molecule has 0 aliphatic heterocycles. The van der Waals surface area contributed by atoms with Gasteiger partial charge in [-0.3, -0.25) is 4.79 Å². The number of carbonyl (C=O) groups excluding carboxylic acids is 1. The minimum Gasteiger partial charge on any atom is -0.455 e. The zero-order valence-electron chi connectivity index (χ0n) is 14.2. The Morgan fingerprint density at radius 1 is 1.30 bits per heavy atom. The van der Waals surface area contributed by atoms with Gasteiger partial charge in [0, 0.05) is 10.9 Å². The molecule has 10 heteroatoms. The van der Waals surface area contributed by atoms with Gasteiger partial charge in [0.2, 0.25) is 15.9 Å². The number of nitrogens with one attached hydrogen (secondary N) is 1. The molecule has 1 amide bonds. The molecule has 0 fully saturated rings. The van der Waals surface area contributed by atoms with E-state index in [9.17, 15) is 13.2 Å². The number of amides is 1. The van der Waals surface area contributed by atoms with Crippen molar-refractivity contribution in [2.75, 3.05) is 0 Å². The Morgan fingerprint density at radius 3 is 2.67 bits per heavy atom. The molecule has 0 spiro atoms. The number of thiazole rings is 1. The number of sulfonamides is 1. The van der Waals surface area contributed by atoms with Gasteiger partial charge in [0.1, 0.15) is 11.5 Å². The first kappa shape index (κ1) is 19.0. The summed E-state index contributed by atoms with van der Waals surface area (Å²) in [6.45, 7) is 1.88. The van der Waals surface area contributed by atoms with Crippen LogP contribution in [-0.2, 0) is 21.2 Å². The van der Waals surface area contributed by atoms with Gasteiger partial charge >= 0.3 is 0 Å². The second-order valence-corrected chi connectivity index (χ2v) is 8.22. The highest BCUT2D eigenvalue weighted by molar-refractivity contribution is 7.89. The number of hydrazone groups is 1.